The van der Waals surface area contributed by atoms with Crippen molar-refractivity contribution in [3.63, 3.8) is 0 Å². The van der Waals surface area contributed by atoms with Crippen molar-refractivity contribution in [2.24, 2.45) is 0 Å². The van der Waals surface area contributed by atoms with Gasteiger partial charge in [0.05, 0.1) is 0 Å². The van der Waals surface area contributed by atoms with Crippen molar-refractivity contribution in [1.29, 1.82) is 0 Å². The fourth-order valence-corrected chi connectivity index (χ4v) is 0.276. The third kappa shape index (κ3) is 1.60. The van der Waals surface area contributed by atoms with Gasteiger partial charge in [-0.3, -0.25) is 0 Å². The maximum absolute atomic E-state index is 3.59. The first-order chi connectivity index (χ1) is 2.43. The van der Waals surface area contributed by atoms with Gasteiger partial charge < -0.3 is 0 Å². The summed E-state index contributed by atoms with van der Waals surface area (Å²) in [5.41, 5.74) is 0. The molecule has 0 atom stereocenters. The third-order valence-electron chi connectivity index (χ3n) is 0.827. The van der Waals surface area contributed by atoms with Crippen LogP contribution in [0.3, 0.4) is 0 Å². The van der Waals surface area contributed by atoms with Gasteiger partial charge in [0.2, 0.25) is 0 Å². The second-order valence-corrected chi connectivity index (χ2v) is 1.36. The van der Waals surface area contributed by atoms with Gasteiger partial charge in [-0.1, -0.05) is 0 Å². The molecule has 0 N–H and O–H groups in total. The van der Waals surface area contributed by atoms with Gasteiger partial charge in [0.15, 0.2) is 0 Å². The zero-order chi connectivity index (χ0) is 3.70. The zero-order valence-corrected chi connectivity index (χ0v) is 4.20. The summed E-state index contributed by atoms with van der Waals surface area (Å²) in [6.45, 7) is 3.59. The molecule has 0 bridgehead atoms. The number of allylic oxidation sites excluding steroid dienone is 1. The summed E-state index contributed by atoms with van der Waals surface area (Å²) in [4.78, 5) is 0. The quantitative estimate of drug-likeness (QED) is 0.263. The summed E-state index contributed by atoms with van der Waals surface area (Å²) < 4.78 is 0. The second-order valence-electron chi connectivity index (χ2n) is 1.36. The number of rotatable bonds is 1. The topological polar surface area (TPSA) is 0 Å². The van der Waals surface area contributed by atoms with Crippen LogP contribution in [0.15, 0.2) is 12.7 Å². The molecule has 6 heavy (non-hydrogen) atoms. The van der Waals surface area contributed by atoms with E-state index in [1.807, 2.05) is 6.08 Å². The Balaban J connectivity index is 0.000000250. The maximum Gasteiger partial charge on any atom is 1.00 e. The van der Waals surface area contributed by atoms with E-state index in [0.29, 0.717) is 0 Å². The molecule has 0 spiro atoms. The fraction of sp³-hybridized carbons (Fsp3) is 0.400. The first kappa shape index (κ1) is 6.21. The van der Waals surface area contributed by atoms with Crippen LogP contribution in [0.2, 0.25) is 0 Å². The Kier molecular flexibility index (Phi) is 2.48. The maximum atomic E-state index is 3.59. The van der Waals surface area contributed by atoms with Crippen LogP contribution in [-0.4, -0.2) is 0 Å². The molecule has 0 unspecified atom stereocenters. The van der Waals surface area contributed by atoms with E-state index in [1.165, 1.54) is 18.8 Å². The van der Waals surface area contributed by atoms with Crippen LogP contribution in [0, 0.1) is 5.92 Å². The van der Waals surface area contributed by atoms with Crippen molar-refractivity contribution >= 4 is 0 Å². The van der Waals surface area contributed by atoms with Crippen LogP contribution >= 0.6 is 0 Å². The Morgan fingerprint density at radius 1 is 1.50 bits per heavy atom. The SMILES string of the molecule is C=C[C-]1CC1.[Li+]. The Hall–Kier alpha value is 0.207. The largest absolute Gasteiger partial charge is 1.00 e. The summed E-state index contributed by atoms with van der Waals surface area (Å²) in [6.07, 6.45) is 4.56. The van der Waals surface area contributed by atoms with E-state index >= 15 is 0 Å². The van der Waals surface area contributed by atoms with Crippen molar-refractivity contribution < 1.29 is 18.9 Å². The molecule has 0 amide bonds. The molecule has 1 saturated carbocycles. The molecule has 0 aromatic rings. The van der Waals surface area contributed by atoms with Crippen LogP contribution in [-0.2, 0) is 0 Å². The molecule has 1 aliphatic rings. The van der Waals surface area contributed by atoms with E-state index in [9.17, 15) is 0 Å². The number of hydrogen-bond acceptors (Lipinski definition) is 0. The average molecular weight is 74.1 g/mol. The molecular weight excluding hydrogens is 67.0 g/mol. The van der Waals surface area contributed by atoms with Crippen LogP contribution in [0.5, 0.6) is 0 Å². The molecule has 28 valence electrons. The molecule has 0 aliphatic heterocycles. The van der Waals surface area contributed by atoms with Crippen LogP contribution in [0.4, 0.5) is 0 Å². The normalized spacial score (nSPS) is 15.7. The van der Waals surface area contributed by atoms with Crippen LogP contribution < -0.4 is 18.9 Å². The summed E-state index contributed by atoms with van der Waals surface area (Å²) >= 11 is 0. The van der Waals surface area contributed by atoms with Gasteiger partial charge in [0.1, 0.15) is 0 Å². The molecule has 0 radical (unpaired) electrons. The van der Waals surface area contributed by atoms with E-state index in [0.717, 1.165) is 0 Å². The fourth-order valence-electron chi connectivity index (χ4n) is 0.276. The third-order valence-corrected chi connectivity index (χ3v) is 0.827. The number of hydrogen-bond donors (Lipinski definition) is 0. The molecule has 0 saturated heterocycles. The molecule has 1 rings (SSSR count). The van der Waals surface area contributed by atoms with E-state index in [2.05, 4.69) is 6.58 Å². The van der Waals surface area contributed by atoms with Crippen molar-refractivity contribution in [3.05, 3.63) is 18.6 Å². The molecular formula is C5H7Li. The second kappa shape index (κ2) is 2.39. The zero-order valence-electron chi connectivity index (χ0n) is 4.20. The van der Waals surface area contributed by atoms with Gasteiger partial charge in [0.25, 0.3) is 0 Å². The van der Waals surface area contributed by atoms with Gasteiger partial charge in [-0.15, -0.1) is 12.8 Å². The molecule has 0 nitrogen and oxygen atoms in total. The van der Waals surface area contributed by atoms with Gasteiger partial charge in [-0.25, -0.2) is 18.6 Å². The minimum atomic E-state index is 0. The Labute approximate surface area is 50.8 Å². The van der Waals surface area contributed by atoms with E-state index in [1.54, 1.807) is 0 Å². The molecule has 1 heteroatoms. The molecule has 0 aromatic heterocycles. The van der Waals surface area contributed by atoms with Gasteiger partial charge in [-0.05, 0) is 0 Å². The predicted molar refractivity (Wildman–Crippen MR) is 22.7 cm³/mol. The van der Waals surface area contributed by atoms with E-state index in [-0.39, 0.29) is 18.9 Å². The van der Waals surface area contributed by atoms with E-state index < -0.39 is 0 Å². The van der Waals surface area contributed by atoms with Crippen LogP contribution in [0.1, 0.15) is 12.8 Å². The van der Waals surface area contributed by atoms with Crippen molar-refractivity contribution in [2.45, 2.75) is 12.8 Å². The van der Waals surface area contributed by atoms with Gasteiger partial charge >= 0.3 is 18.9 Å². The first-order valence-electron chi connectivity index (χ1n) is 1.90. The minimum Gasteiger partial charge on any atom is -0.245 e. The summed E-state index contributed by atoms with van der Waals surface area (Å²) in [5, 5.41) is 0. The Bertz CT molecular complexity index is 45.9. The smallest absolute Gasteiger partial charge is 0.245 e. The summed E-state index contributed by atoms with van der Waals surface area (Å²) in [6, 6.07) is 0. The van der Waals surface area contributed by atoms with Gasteiger partial charge in [0, 0.05) is 0 Å². The van der Waals surface area contributed by atoms with Crippen molar-refractivity contribution in [2.75, 3.05) is 0 Å². The van der Waals surface area contributed by atoms with Crippen molar-refractivity contribution in [1.82, 2.24) is 0 Å². The molecule has 1 fully saturated rings. The predicted octanol–water partition coefficient (Wildman–Crippen LogP) is -1.46. The van der Waals surface area contributed by atoms with Crippen LogP contribution in [0.25, 0.3) is 0 Å². The monoisotopic (exact) mass is 74.1 g/mol. The van der Waals surface area contributed by atoms with Crippen molar-refractivity contribution in [3.8, 4) is 0 Å². The molecule has 1 aliphatic carbocycles. The summed E-state index contributed by atoms with van der Waals surface area (Å²) in [5.74, 6) is 1.52. The average Bonchev–Trinajstić information content (AvgIpc) is 2.12. The van der Waals surface area contributed by atoms with Gasteiger partial charge in [-0.2, -0.15) is 0 Å². The summed E-state index contributed by atoms with van der Waals surface area (Å²) in [7, 11) is 0. The Morgan fingerprint density at radius 3 is 2.00 bits per heavy atom. The van der Waals surface area contributed by atoms with E-state index in [4.69, 9.17) is 0 Å². The first-order valence-corrected chi connectivity index (χ1v) is 1.90. The standard InChI is InChI=1S/C5H7.Li/c1-2-5-3-4-5;/h2H,1,3-4H2;/q-1;+1. The molecule has 0 heterocycles. The minimum absolute atomic E-state index is 0. The molecule has 0 aromatic carbocycles. The Morgan fingerprint density at radius 2 is 2.00 bits per heavy atom.